The minimum absolute atomic E-state index is 0.116. The van der Waals surface area contributed by atoms with E-state index in [0.717, 1.165) is 62.0 Å². The van der Waals surface area contributed by atoms with Gasteiger partial charge in [0.1, 0.15) is 5.82 Å². The van der Waals surface area contributed by atoms with E-state index in [1.54, 1.807) is 18.2 Å². The highest BCUT2D eigenvalue weighted by Crippen LogP contribution is 2.40. The van der Waals surface area contributed by atoms with E-state index in [4.69, 9.17) is 0 Å². The van der Waals surface area contributed by atoms with Gasteiger partial charge in [-0.2, -0.15) is 0 Å². The Balaban J connectivity index is 1.39. The Bertz CT molecular complexity index is 1120. The lowest BCUT2D eigenvalue weighted by atomic mass is 9.77. The molecule has 0 heterocycles. The summed E-state index contributed by atoms with van der Waals surface area (Å²) in [6.45, 7) is 4.34. The van der Waals surface area contributed by atoms with Gasteiger partial charge in [0.2, 0.25) is 0 Å². The molecule has 0 radical (unpaired) electrons. The van der Waals surface area contributed by atoms with Crippen molar-refractivity contribution in [3.63, 3.8) is 0 Å². The Kier molecular flexibility index (Phi) is 9.29. The van der Waals surface area contributed by atoms with Crippen LogP contribution in [0.3, 0.4) is 0 Å². The summed E-state index contributed by atoms with van der Waals surface area (Å²) in [6.07, 6.45) is 10.9. The van der Waals surface area contributed by atoms with Gasteiger partial charge in [-0.3, -0.25) is 0 Å². The van der Waals surface area contributed by atoms with Crippen LogP contribution < -0.4 is 0 Å². The molecule has 1 fully saturated rings. The van der Waals surface area contributed by atoms with Gasteiger partial charge in [0.05, 0.1) is 0 Å². The molecule has 0 nitrogen and oxygen atoms in total. The summed E-state index contributed by atoms with van der Waals surface area (Å²) in [4.78, 5) is 0. The molecular weight excluding hydrogens is 453 g/mol. The second-order valence-corrected chi connectivity index (χ2v) is 10.6. The van der Waals surface area contributed by atoms with Crippen LogP contribution in [0.25, 0.3) is 11.1 Å². The van der Waals surface area contributed by atoms with E-state index < -0.39 is 11.6 Å². The fourth-order valence-corrected chi connectivity index (χ4v) is 5.73. The molecule has 3 aromatic rings. The number of benzene rings is 3. The Morgan fingerprint density at radius 3 is 2.08 bits per heavy atom. The topological polar surface area (TPSA) is 0 Å². The molecular formula is C33H39F3. The zero-order chi connectivity index (χ0) is 25.5. The molecule has 4 rings (SSSR count). The van der Waals surface area contributed by atoms with Crippen molar-refractivity contribution >= 4 is 0 Å². The maximum absolute atomic E-state index is 15.1. The summed E-state index contributed by atoms with van der Waals surface area (Å²) >= 11 is 0. The highest BCUT2D eigenvalue weighted by Gasteiger charge is 2.26. The molecule has 1 aliphatic rings. The van der Waals surface area contributed by atoms with Gasteiger partial charge in [0, 0.05) is 5.56 Å². The monoisotopic (exact) mass is 492 g/mol. The van der Waals surface area contributed by atoms with E-state index in [0.29, 0.717) is 35.1 Å². The van der Waals surface area contributed by atoms with E-state index in [-0.39, 0.29) is 11.7 Å². The molecule has 0 bridgehead atoms. The predicted octanol–water partition coefficient (Wildman–Crippen LogP) is 9.97. The maximum Gasteiger partial charge on any atom is 0.166 e. The first kappa shape index (κ1) is 26.5. The largest absolute Gasteiger partial charge is 0.207 e. The smallest absolute Gasteiger partial charge is 0.166 e. The van der Waals surface area contributed by atoms with Crippen molar-refractivity contribution in [1.82, 2.24) is 0 Å². The van der Waals surface area contributed by atoms with Gasteiger partial charge in [0.25, 0.3) is 0 Å². The van der Waals surface area contributed by atoms with E-state index in [1.807, 2.05) is 36.4 Å². The fourth-order valence-electron chi connectivity index (χ4n) is 5.73. The zero-order valence-corrected chi connectivity index (χ0v) is 21.8. The summed E-state index contributed by atoms with van der Waals surface area (Å²) in [5, 5.41) is 0. The van der Waals surface area contributed by atoms with Crippen LogP contribution in [-0.4, -0.2) is 0 Å². The van der Waals surface area contributed by atoms with Crippen molar-refractivity contribution in [3.05, 3.63) is 94.3 Å². The van der Waals surface area contributed by atoms with Crippen molar-refractivity contribution in [1.29, 1.82) is 0 Å². The lowest BCUT2D eigenvalue weighted by Crippen LogP contribution is -2.14. The molecule has 36 heavy (non-hydrogen) atoms. The molecule has 0 aliphatic heterocycles. The number of unbranched alkanes of at least 4 members (excludes halogenated alkanes) is 1. The van der Waals surface area contributed by atoms with E-state index in [2.05, 4.69) is 13.8 Å². The lowest BCUT2D eigenvalue weighted by Gasteiger charge is -2.29. The van der Waals surface area contributed by atoms with E-state index in [1.165, 1.54) is 12.8 Å². The predicted molar refractivity (Wildman–Crippen MR) is 144 cm³/mol. The van der Waals surface area contributed by atoms with Crippen LogP contribution in [0.1, 0.15) is 93.4 Å². The quantitative estimate of drug-likeness (QED) is 0.264. The Morgan fingerprint density at radius 1 is 0.694 bits per heavy atom. The summed E-state index contributed by atoms with van der Waals surface area (Å²) < 4.78 is 44.7. The minimum atomic E-state index is -0.749. The van der Waals surface area contributed by atoms with Crippen LogP contribution >= 0.6 is 0 Å². The molecule has 0 atom stereocenters. The molecule has 0 spiro atoms. The molecule has 3 heteroatoms. The summed E-state index contributed by atoms with van der Waals surface area (Å²) in [7, 11) is 0. The summed E-state index contributed by atoms with van der Waals surface area (Å²) in [5.74, 6) is -0.727. The van der Waals surface area contributed by atoms with Gasteiger partial charge in [-0.25, -0.2) is 13.2 Å². The third-order valence-corrected chi connectivity index (χ3v) is 7.98. The third kappa shape index (κ3) is 6.41. The fraction of sp³-hybridized carbons (Fsp3) is 0.455. The van der Waals surface area contributed by atoms with Crippen LogP contribution in [0.4, 0.5) is 13.2 Å². The summed E-state index contributed by atoms with van der Waals surface area (Å²) in [6, 6.07) is 16.6. The van der Waals surface area contributed by atoms with Crippen molar-refractivity contribution in [2.75, 3.05) is 0 Å². The van der Waals surface area contributed by atoms with Crippen LogP contribution in [0, 0.1) is 23.4 Å². The lowest BCUT2D eigenvalue weighted by molar-refractivity contribution is 0.303. The van der Waals surface area contributed by atoms with Crippen molar-refractivity contribution in [2.24, 2.45) is 5.92 Å². The highest BCUT2D eigenvalue weighted by molar-refractivity contribution is 5.65. The second kappa shape index (κ2) is 12.6. The minimum Gasteiger partial charge on any atom is -0.207 e. The van der Waals surface area contributed by atoms with Gasteiger partial charge in [-0.15, -0.1) is 0 Å². The average molecular weight is 493 g/mol. The van der Waals surface area contributed by atoms with Crippen LogP contribution in [0.5, 0.6) is 0 Å². The number of rotatable bonds is 10. The Hall–Kier alpha value is -2.55. The first-order valence-electron chi connectivity index (χ1n) is 13.8. The summed E-state index contributed by atoms with van der Waals surface area (Å²) in [5.41, 5.74) is 4.31. The molecule has 192 valence electrons. The van der Waals surface area contributed by atoms with Gasteiger partial charge >= 0.3 is 0 Å². The molecule has 0 N–H and O–H groups in total. The van der Waals surface area contributed by atoms with E-state index in [9.17, 15) is 4.39 Å². The van der Waals surface area contributed by atoms with Gasteiger partial charge in [0.15, 0.2) is 11.6 Å². The molecule has 0 saturated heterocycles. The van der Waals surface area contributed by atoms with Crippen LogP contribution in [-0.2, 0) is 19.3 Å². The van der Waals surface area contributed by atoms with Crippen molar-refractivity contribution in [3.8, 4) is 11.1 Å². The number of hydrogen-bond acceptors (Lipinski definition) is 0. The maximum atomic E-state index is 15.1. The van der Waals surface area contributed by atoms with E-state index >= 15 is 8.78 Å². The Morgan fingerprint density at radius 2 is 1.42 bits per heavy atom. The van der Waals surface area contributed by atoms with Gasteiger partial charge in [-0.05, 0) is 97.1 Å². The number of halogens is 3. The Labute approximate surface area is 215 Å². The molecule has 0 unspecified atom stereocenters. The first-order chi connectivity index (χ1) is 17.5. The SMILES string of the molecule is CCCCc1ccc(CCc2ccc(-c3ccc(C4CCC(CCC)CC4)c(F)c3F)cc2)c(F)c1. The molecule has 1 aliphatic carbocycles. The van der Waals surface area contributed by atoms with Gasteiger partial charge < -0.3 is 0 Å². The number of hydrogen-bond donors (Lipinski definition) is 0. The molecule has 1 saturated carbocycles. The average Bonchev–Trinajstić information content (AvgIpc) is 2.90. The highest BCUT2D eigenvalue weighted by atomic mass is 19.2. The van der Waals surface area contributed by atoms with Crippen LogP contribution in [0.2, 0.25) is 0 Å². The normalized spacial score (nSPS) is 17.9. The molecule has 0 amide bonds. The molecule has 3 aromatic carbocycles. The number of aryl methyl sites for hydroxylation is 3. The van der Waals surface area contributed by atoms with Crippen molar-refractivity contribution < 1.29 is 13.2 Å². The van der Waals surface area contributed by atoms with Crippen molar-refractivity contribution in [2.45, 2.75) is 90.4 Å². The standard InChI is InChI=1S/C33H39F3/c1-3-5-7-25-13-19-28(31(34)22-25)18-12-24-10-16-27(17-11-24)30-21-20-29(32(35)33(30)36)26-14-8-23(6-4-2)9-15-26/h10-11,13,16-17,19-23,26H,3-9,12,14-15,18H2,1-2H3. The first-order valence-corrected chi connectivity index (χ1v) is 13.8. The zero-order valence-electron chi connectivity index (χ0n) is 21.8. The third-order valence-electron chi connectivity index (χ3n) is 7.98. The van der Waals surface area contributed by atoms with Gasteiger partial charge in [-0.1, -0.05) is 81.6 Å². The second-order valence-electron chi connectivity index (χ2n) is 10.6. The van der Waals surface area contributed by atoms with Crippen LogP contribution in [0.15, 0.2) is 54.6 Å². The molecule has 0 aromatic heterocycles.